The molecule has 0 aliphatic rings. The van der Waals surface area contributed by atoms with Gasteiger partial charge in [0, 0.05) is 25.7 Å². The number of phosphoric ester groups is 2. The van der Waals surface area contributed by atoms with E-state index >= 15 is 0 Å². The van der Waals surface area contributed by atoms with E-state index in [9.17, 15) is 43.2 Å². The van der Waals surface area contributed by atoms with E-state index in [-0.39, 0.29) is 25.7 Å². The van der Waals surface area contributed by atoms with Crippen molar-refractivity contribution in [2.24, 2.45) is 5.92 Å². The Hall–Kier alpha value is -1.94. The van der Waals surface area contributed by atoms with Gasteiger partial charge in [-0.3, -0.25) is 37.3 Å². The zero-order valence-electron chi connectivity index (χ0n) is 65.3. The molecule has 594 valence electrons. The Kier molecular flexibility index (Phi) is 72.5. The van der Waals surface area contributed by atoms with Gasteiger partial charge in [0.05, 0.1) is 26.4 Å². The average molecular weight is 1470 g/mol. The maximum Gasteiger partial charge on any atom is 0.472 e. The summed E-state index contributed by atoms with van der Waals surface area (Å²) in [7, 11) is -9.92. The largest absolute Gasteiger partial charge is 0.472 e. The quantitative estimate of drug-likeness (QED) is 0.0222. The van der Waals surface area contributed by atoms with Crippen LogP contribution < -0.4 is 0 Å². The third-order valence-corrected chi connectivity index (χ3v) is 20.9. The van der Waals surface area contributed by atoms with Crippen molar-refractivity contribution in [1.29, 1.82) is 0 Å². The molecule has 0 aliphatic heterocycles. The van der Waals surface area contributed by atoms with Crippen LogP contribution in [0, 0.1) is 5.92 Å². The van der Waals surface area contributed by atoms with Crippen LogP contribution in [0.15, 0.2) is 0 Å². The van der Waals surface area contributed by atoms with E-state index in [4.69, 9.17) is 37.0 Å². The summed E-state index contributed by atoms with van der Waals surface area (Å²) in [6.45, 7) is 7.34. The minimum absolute atomic E-state index is 0.108. The Balaban J connectivity index is 5.22. The molecule has 0 fully saturated rings. The van der Waals surface area contributed by atoms with E-state index in [0.717, 1.165) is 95.8 Å². The summed E-state index contributed by atoms with van der Waals surface area (Å²) in [5, 5.41) is 10.6. The molecule has 0 heterocycles. The van der Waals surface area contributed by atoms with E-state index in [1.165, 1.54) is 257 Å². The first kappa shape index (κ1) is 98.1. The van der Waals surface area contributed by atoms with Gasteiger partial charge in [0.2, 0.25) is 0 Å². The van der Waals surface area contributed by atoms with Gasteiger partial charge in [0.25, 0.3) is 0 Å². The molecule has 0 aromatic heterocycles. The fraction of sp³-hybridized carbons (Fsp3) is 0.951. The van der Waals surface area contributed by atoms with E-state index in [1.807, 2.05) is 0 Å². The fourth-order valence-electron chi connectivity index (χ4n) is 12.6. The number of aliphatic hydroxyl groups excluding tert-OH is 1. The highest BCUT2D eigenvalue weighted by Gasteiger charge is 2.30. The second-order valence-electron chi connectivity index (χ2n) is 29.6. The number of aliphatic hydroxyl groups is 1. The molecule has 0 rings (SSSR count). The van der Waals surface area contributed by atoms with E-state index < -0.39 is 97.5 Å². The lowest BCUT2D eigenvalue weighted by Gasteiger charge is -2.21. The molecule has 0 amide bonds. The van der Waals surface area contributed by atoms with Crippen molar-refractivity contribution in [3.63, 3.8) is 0 Å². The Morgan fingerprint density at radius 1 is 0.270 bits per heavy atom. The van der Waals surface area contributed by atoms with E-state index in [0.29, 0.717) is 25.7 Å². The van der Waals surface area contributed by atoms with Crippen molar-refractivity contribution in [3.05, 3.63) is 0 Å². The second-order valence-corrected chi connectivity index (χ2v) is 32.5. The highest BCUT2D eigenvalue weighted by molar-refractivity contribution is 7.47. The number of carbonyl (C=O) groups excluding carboxylic acids is 4. The van der Waals surface area contributed by atoms with Crippen LogP contribution >= 0.6 is 15.6 Å². The first-order chi connectivity index (χ1) is 48.5. The van der Waals surface area contributed by atoms with Gasteiger partial charge in [0.1, 0.15) is 19.3 Å². The molecule has 100 heavy (non-hydrogen) atoms. The zero-order chi connectivity index (χ0) is 73.4. The van der Waals surface area contributed by atoms with Crippen LogP contribution in [0.3, 0.4) is 0 Å². The first-order valence-electron chi connectivity index (χ1n) is 42.1. The van der Waals surface area contributed by atoms with Crippen molar-refractivity contribution in [3.8, 4) is 0 Å². The molecule has 0 aromatic rings. The molecular formula is C81H158O17P2. The highest BCUT2D eigenvalue weighted by atomic mass is 31.2. The Bertz CT molecular complexity index is 1910. The van der Waals surface area contributed by atoms with Gasteiger partial charge in [-0.1, -0.05) is 381 Å². The molecule has 17 nitrogen and oxygen atoms in total. The molecule has 0 aliphatic carbocycles. The summed E-state index contributed by atoms with van der Waals surface area (Å²) < 4.78 is 68.7. The van der Waals surface area contributed by atoms with Crippen molar-refractivity contribution in [2.75, 3.05) is 39.6 Å². The normalized spacial score (nSPS) is 13.8. The number of esters is 4. The van der Waals surface area contributed by atoms with Gasteiger partial charge in [-0.2, -0.15) is 0 Å². The maximum absolute atomic E-state index is 13.1. The summed E-state index contributed by atoms with van der Waals surface area (Å²) in [4.78, 5) is 73.0. The number of hydrogen-bond donors (Lipinski definition) is 3. The van der Waals surface area contributed by atoms with Gasteiger partial charge in [-0.05, 0) is 31.6 Å². The predicted octanol–water partition coefficient (Wildman–Crippen LogP) is 24.4. The van der Waals surface area contributed by atoms with Crippen LogP contribution in [0.2, 0.25) is 0 Å². The number of rotatable bonds is 81. The third-order valence-electron chi connectivity index (χ3n) is 19.0. The monoisotopic (exact) mass is 1470 g/mol. The summed E-state index contributed by atoms with van der Waals surface area (Å²) in [6.07, 6.45) is 65.2. The molecule has 0 saturated carbocycles. The maximum atomic E-state index is 13.1. The van der Waals surface area contributed by atoms with Crippen LogP contribution in [0.5, 0.6) is 0 Å². The van der Waals surface area contributed by atoms with Crippen molar-refractivity contribution >= 4 is 39.5 Å². The minimum atomic E-state index is -4.96. The van der Waals surface area contributed by atoms with Gasteiger partial charge < -0.3 is 33.8 Å². The number of carbonyl (C=O) groups is 4. The van der Waals surface area contributed by atoms with E-state index in [1.54, 1.807) is 0 Å². The van der Waals surface area contributed by atoms with Crippen molar-refractivity contribution < 1.29 is 80.2 Å². The van der Waals surface area contributed by atoms with Gasteiger partial charge in [0.15, 0.2) is 12.2 Å². The predicted molar refractivity (Wildman–Crippen MR) is 409 cm³/mol. The highest BCUT2D eigenvalue weighted by Crippen LogP contribution is 2.45. The molecule has 0 bridgehead atoms. The van der Waals surface area contributed by atoms with Gasteiger partial charge in [-0.15, -0.1) is 0 Å². The van der Waals surface area contributed by atoms with Gasteiger partial charge >= 0.3 is 39.5 Å². The van der Waals surface area contributed by atoms with Crippen LogP contribution in [0.25, 0.3) is 0 Å². The van der Waals surface area contributed by atoms with E-state index in [2.05, 4.69) is 34.6 Å². The first-order valence-corrected chi connectivity index (χ1v) is 45.1. The number of ether oxygens (including phenoxy) is 4. The topological polar surface area (TPSA) is 237 Å². The fourth-order valence-corrected chi connectivity index (χ4v) is 14.2. The standard InChI is InChI=1S/C81H158O17P2/c1-6-9-12-15-18-21-23-25-27-29-31-33-37-41-46-51-56-61-66-80(85)98-77(71-92-79(84)65-60-55-50-45-40-36-32-30-28-26-24-22-19-16-13-10-7-2)73-96-100(89,90)94-69-75(82)68-93-99(87,88)95-72-76(70-91-78(83)64-59-54-49-43-20-17-14-11-8-3)97-81(86)67-62-57-52-47-42-38-34-35-39-44-48-53-58-63-74(4)5/h74-77,82H,6-73H2,1-5H3,(H,87,88)(H,89,90)/t75-,76+,77+/m0/s1. The van der Waals surface area contributed by atoms with Crippen LogP contribution in [-0.4, -0.2) is 96.7 Å². The molecule has 0 saturated heterocycles. The van der Waals surface area contributed by atoms with Crippen molar-refractivity contribution in [2.45, 2.75) is 451 Å². The number of hydrogen-bond acceptors (Lipinski definition) is 15. The summed E-state index contributed by atoms with van der Waals surface area (Å²) in [6, 6.07) is 0. The molecule has 3 N–H and O–H groups in total. The van der Waals surface area contributed by atoms with Crippen LogP contribution in [-0.2, 0) is 65.4 Å². The molecular weight excluding hydrogens is 1310 g/mol. The van der Waals surface area contributed by atoms with Gasteiger partial charge in [-0.25, -0.2) is 9.13 Å². The summed E-state index contributed by atoms with van der Waals surface area (Å²) in [5.74, 6) is -1.32. The lowest BCUT2D eigenvalue weighted by Crippen LogP contribution is -2.30. The molecule has 0 radical (unpaired) electrons. The van der Waals surface area contributed by atoms with Crippen LogP contribution in [0.1, 0.15) is 433 Å². The molecule has 19 heteroatoms. The van der Waals surface area contributed by atoms with Crippen molar-refractivity contribution in [1.82, 2.24) is 0 Å². The summed E-state index contributed by atoms with van der Waals surface area (Å²) >= 11 is 0. The lowest BCUT2D eigenvalue weighted by atomic mass is 10.0. The molecule has 0 spiro atoms. The average Bonchev–Trinajstić information content (AvgIpc) is 0.946. The van der Waals surface area contributed by atoms with Crippen LogP contribution in [0.4, 0.5) is 0 Å². The smallest absolute Gasteiger partial charge is 0.462 e. The Morgan fingerprint density at radius 2 is 0.460 bits per heavy atom. The number of phosphoric acid groups is 2. The zero-order valence-corrected chi connectivity index (χ0v) is 67.1. The lowest BCUT2D eigenvalue weighted by molar-refractivity contribution is -0.161. The Labute approximate surface area is 613 Å². The molecule has 2 unspecified atom stereocenters. The minimum Gasteiger partial charge on any atom is -0.462 e. The number of unbranched alkanes of at least 4 members (excludes halogenated alkanes) is 53. The summed E-state index contributed by atoms with van der Waals surface area (Å²) in [5.41, 5.74) is 0. The SMILES string of the molecule is CCCCCCCCCCCCCCCCCCCCC(=O)O[C@H](COC(=O)CCCCCCCCCCCCCCCCCCC)COP(=O)(O)OC[C@@H](O)COP(=O)(O)OC[C@@H](COC(=O)CCCCCCCCCCC)OC(=O)CCCCCCCCCCCCCCCC(C)C. The molecule has 5 atom stereocenters. The third kappa shape index (κ3) is 74.3. The Morgan fingerprint density at radius 3 is 0.680 bits per heavy atom. The second kappa shape index (κ2) is 73.9. The molecule has 0 aromatic carbocycles.